The maximum atomic E-state index is 13.6. The molecule has 6 nitrogen and oxygen atoms in total. The van der Waals surface area contributed by atoms with E-state index in [1.165, 1.54) is 6.07 Å². The van der Waals surface area contributed by atoms with Gasteiger partial charge in [0.15, 0.2) is 5.82 Å². The molecule has 7 rings (SSSR count). The fourth-order valence-corrected chi connectivity index (χ4v) is 6.98. The zero-order valence-electron chi connectivity index (χ0n) is 20.8. The van der Waals surface area contributed by atoms with Gasteiger partial charge in [0.25, 0.3) is 0 Å². The quantitative estimate of drug-likeness (QED) is 0.388. The molecule has 2 saturated carbocycles. The molecule has 3 aromatic rings. The van der Waals surface area contributed by atoms with E-state index in [0.717, 1.165) is 54.6 Å². The summed E-state index contributed by atoms with van der Waals surface area (Å²) in [6.45, 7) is 4.42. The van der Waals surface area contributed by atoms with Crippen LogP contribution >= 0.6 is 11.6 Å². The lowest BCUT2D eigenvalue weighted by Crippen LogP contribution is -2.62. The fourth-order valence-electron chi connectivity index (χ4n) is 6.78. The minimum atomic E-state index is -4.14. The molecule has 0 radical (unpaired) electrons. The molecular formula is C27H27ClF4N6. The van der Waals surface area contributed by atoms with Crippen molar-refractivity contribution in [2.45, 2.75) is 63.8 Å². The lowest BCUT2D eigenvalue weighted by atomic mass is 9.57. The molecule has 0 unspecified atom stereocenters. The van der Waals surface area contributed by atoms with Crippen molar-refractivity contribution in [3.8, 4) is 5.69 Å². The Balaban J connectivity index is 1.10. The van der Waals surface area contributed by atoms with E-state index < -0.39 is 12.1 Å². The first-order valence-electron chi connectivity index (χ1n) is 13.0. The number of fused-ring (bicyclic) bond motifs is 3. The molecule has 11 heteroatoms. The normalized spacial score (nSPS) is 24.7. The van der Waals surface area contributed by atoms with Crippen LogP contribution in [-0.2, 0) is 13.1 Å². The highest BCUT2D eigenvalue weighted by atomic mass is 35.5. The van der Waals surface area contributed by atoms with Crippen molar-refractivity contribution in [2.75, 3.05) is 18.0 Å². The van der Waals surface area contributed by atoms with Crippen molar-refractivity contribution in [1.82, 2.24) is 24.6 Å². The second-order valence-corrected chi connectivity index (χ2v) is 12.0. The van der Waals surface area contributed by atoms with Crippen LogP contribution in [0, 0.1) is 24.1 Å². The van der Waals surface area contributed by atoms with Gasteiger partial charge in [-0.2, -0.15) is 13.2 Å². The van der Waals surface area contributed by atoms with Crippen LogP contribution < -0.4 is 4.90 Å². The molecule has 4 aliphatic rings. The topological polar surface area (TPSA) is 50.1 Å². The molecule has 2 aromatic heterocycles. The van der Waals surface area contributed by atoms with Gasteiger partial charge < -0.3 is 4.90 Å². The highest BCUT2D eigenvalue weighted by Gasteiger charge is 2.55. The van der Waals surface area contributed by atoms with E-state index in [0.29, 0.717) is 23.8 Å². The summed E-state index contributed by atoms with van der Waals surface area (Å²) in [7, 11) is 0. The van der Waals surface area contributed by atoms with Gasteiger partial charge in [0, 0.05) is 42.0 Å². The van der Waals surface area contributed by atoms with Gasteiger partial charge in [-0.15, -0.1) is 10.2 Å². The molecule has 38 heavy (non-hydrogen) atoms. The van der Waals surface area contributed by atoms with Gasteiger partial charge in [-0.05, 0) is 68.5 Å². The number of hydrogen-bond acceptors (Lipinski definition) is 5. The number of nitrogens with zero attached hydrogens (tertiary/aromatic N) is 6. The molecule has 0 bridgehead atoms. The van der Waals surface area contributed by atoms with E-state index in [4.69, 9.17) is 11.6 Å². The third kappa shape index (κ3) is 3.90. The number of hydrogen-bond donors (Lipinski definition) is 0. The van der Waals surface area contributed by atoms with Crippen LogP contribution in [0.15, 0.2) is 30.3 Å². The van der Waals surface area contributed by atoms with Crippen molar-refractivity contribution < 1.29 is 17.6 Å². The minimum absolute atomic E-state index is 0.116. The lowest BCUT2D eigenvalue weighted by molar-refractivity contribution is -0.207. The third-order valence-corrected chi connectivity index (χ3v) is 9.19. The van der Waals surface area contributed by atoms with Crippen molar-refractivity contribution in [2.24, 2.45) is 11.3 Å². The summed E-state index contributed by atoms with van der Waals surface area (Å²) >= 11 is 6.34. The Morgan fingerprint density at radius 3 is 2.50 bits per heavy atom. The number of aryl methyl sites for hydroxylation is 1. The van der Waals surface area contributed by atoms with Crippen molar-refractivity contribution in [1.29, 1.82) is 0 Å². The Labute approximate surface area is 222 Å². The number of alkyl halides is 3. The van der Waals surface area contributed by atoms with Crippen LogP contribution in [0.2, 0.25) is 5.02 Å². The number of benzene rings is 1. The predicted octanol–water partition coefficient (Wildman–Crippen LogP) is 5.80. The van der Waals surface area contributed by atoms with Gasteiger partial charge in [0.2, 0.25) is 0 Å². The van der Waals surface area contributed by atoms with Gasteiger partial charge >= 0.3 is 6.18 Å². The summed E-state index contributed by atoms with van der Waals surface area (Å²) in [6.07, 6.45) is -1.96. The van der Waals surface area contributed by atoms with Gasteiger partial charge in [-0.1, -0.05) is 11.6 Å². The molecular weight excluding hydrogens is 520 g/mol. The summed E-state index contributed by atoms with van der Waals surface area (Å²) in [5, 5.41) is 9.74. The molecule has 1 spiro atoms. The first kappa shape index (κ1) is 24.3. The SMILES string of the molecule is Cc1nc(N2CC3(CC(c4nnc5n4-c4ccc(Cl)cc4CN(C4CC(C(F)(F)F)C4)C5)C3)C2)ccc1F. The molecule has 0 atom stereocenters. The number of anilines is 1. The predicted molar refractivity (Wildman–Crippen MR) is 134 cm³/mol. The summed E-state index contributed by atoms with van der Waals surface area (Å²) in [5.41, 5.74) is 2.54. The van der Waals surface area contributed by atoms with E-state index in [-0.39, 0.29) is 36.0 Å². The van der Waals surface area contributed by atoms with Gasteiger partial charge in [0.1, 0.15) is 17.5 Å². The Morgan fingerprint density at radius 2 is 1.79 bits per heavy atom. The van der Waals surface area contributed by atoms with Gasteiger partial charge in [-0.3, -0.25) is 9.47 Å². The highest BCUT2D eigenvalue weighted by Crippen LogP contribution is 2.57. The molecule has 1 saturated heterocycles. The highest BCUT2D eigenvalue weighted by molar-refractivity contribution is 6.30. The second kappa shape index (κ2) is 8.39. The maximum Gasteiger partial charge on any atom is 0.391 e. The van der Waals surface area contributed by atoms with E-state index in [2.05, 4.69) is 29.5 Å². The molecule has 2 aliphatic heterocycles. The second-order valence-electron chi connectivity index (χ2n) is 11.5. The van der Waals surface area contributed by atoms with Crippen molar-refractivity contribution >= 4 is 17.4 Å². The average Bonchev–Trinajstić information content (AvgIpc) is 3.08. The number of aromatic nitrogens is 4. The Kier molecular flexibility index (Phi) is 5.37. The number of halogens is 5. The standard InChI is InChI=1S/C27H27ClF4N6/c1-15-21(29)3-5-23(33-15)37-13-26(14-37)9-17(10-26)25-35-34-24-12-36(20-7-18(8-20)27(30,31)32)11-16-6-19(28)2-4-22(16)38(24)25/h2-6,17-18,20H,7-14H2,1H3. The smallest absolute Gasteiger partial charge is 0.355 e. The average molecular weight is 547 g/mol. The number of rotatable bonds is 3. The Bertz CT molecular complexity index is 1400. The van der Waals surface area contributed by atoms with Crippen LogP contribution in [0.5, 0.6) is 0 Å². The summed E-state index contributed by atoms with van der Waals surface area (Å²) in [4.78, 5) is 8.67. The van der Waals surface area contributed by atoms with E-state index in [1.54, 1.807) is 13.0 Å². The van der Waals surface area contributed by atoms with E-state index >= 15 is 0 Å². The molecule has 4 heterocycles. The largest absolute Gasteiger partial charge is 0.391 e. The van der Waals surface area contributed by atoms with E-state index in [1.807, 2.05) is 18.2 Å². The molecule has 200 valence electrons. The van der Waals surface area contributed by atoms with Crippen molar-refractivity contribution in [3.63, 3.8) is 0 Å². The van der Waals surface area contributed by atoms with Crippen LogP contribution in [0.1, 0.15) is 54.5 Å². The van der Waals surface area contributed by atoms with Gasteiger partial charge in [-0.25, -0.2) is 9.37 Å². The van der Waals surface area contributed by atoms with Crippen LogP contribution in [0.3, 0.4) is 0 Å². The zero-order valence-corrected chi connectivity index (χ0v) is 21.6. The number of pyridine rings is 1. The molecule has 2 aliphatic carbocycles. The molecule has 1 aromatic carbocycles. The van der Waals surface area contributed by atoms with Crippen LogP contribution in [-0.4, -0.2) is 50.0 Å². The van der Waals surface area contributed by atoms with Gasteiger partial charge in [0.05, 0.1) is 23.8 Å². The summed E-state index contributed by atoms with van der Waals surface area (Å²) in [5.74, 6) is 1.20. The van der Waals surface area contributed by atoms with Crippen LogP contribution in [0.25, 0.3) is 5.69 Å². The molecule has 0 N–H and O–H groups in total. The Hall–Kier alpha value is -2.72. The van der Waals surface area contributed by atoms with E-state index in [9.17, 15) is 17.6 Å². The first-order chi connectivity index (χ1) is 18.1. The third-order valence-electron chi connectivity index (χ3n) is 8.96. The van der Waals surface area contributed by atoms with Crippen LogP contribution in [0.4, 0.5) is 23.4 Å². The lowest BCUT2D eigenvalue weighted by Gasteiger charge is -2.59. The first-order valence-corrected chi connectivity index (χ1v) is 13.4. The minimum Gasteiger partial charge on any atom is -0.355 e. The monoisotopic (exact) mass is 546 g/mol. The molecule has 0 amide bonds. The summed E-state index contributed by atoms with van der Waals surface area (Å²) < 4.78 is 55.2. The zero-order chi connectivity index (χ0) is 26.4. The maximum absolute atomic E-state index is 13.6. The fraction of sp³-hybridized carbons (Fsp3) is 0.519. The Morgan fingerprint density at radius 1 is 1.03 bits per heavy atom. The molecule has 3 fully saturated rings. The van der Waals surface area contributed by atoms with Crippen molar-refractivity contribution in [3.05, 3.63) is 64.1 Å². The summed E-state index contributed by atoms with van der Waals surface area (Å²) in [6, 6.07) is 8.78.